The van der Waals surface area contributed by atoms with Crippen LogP contribution in [0, 0.1) is 4.77 Å². The molecule has 1 amide bonds. The number of aromatic amines is 1. The lowest BCUT2D eigenvalue weighted by atomic mass is 10.2. The molecule has 1 fully saturated rings. The summed E-state index contributed by atoms with van der Waals surface area (Å²) in [5.41, 5.74) is 0.247. The molecule has 3 N–H and O–H groups in total. The summed E-state index contributed by atoms with van der Waals surface area (Å²) >= 11 is 5.12. The van der Waals surface area contributed by atoms with Gasteiger partial charge < -0.3 is 14.6 Å². The maximum Gasteiger partial charge on any atom is 0.251 e. The van der Waals surface area contributed by atoms with Crippen LogP contribution in [0.1, 0.15) is 35.9 Å². The average Bonchev–Trinajstić information content (AvgIpc) is 3.34. The number of aromatic nitrogens is 3. The molecular formula is C17H23N5O4S2. The van der Waals surface area contributed by atoms with Crippen molar-refractivity contribution < 1.29 is 17.9 Å². The molecule has 3 rings (SSSR count). The highest BCUT2D eigenvalue weighted by molar-refractivity contribution is 7.89. The van der Waals surface area contributed by atoms with Crippen molar-refractivity contribution in [2.24, 2.45) is 0 Å². The van der Waals surface area contributed by atoms with Crippen LogP contribution in [0.4, 0.5) is 0 Å². The van der Waals surface area contributed by atoms with Gasteiger partial charge in [0.2, 0.25) is 10.0 Å². The Morgan fingerprint density at radius 3 is 3.00 bits per heavy atom. The molecule has 2 heterocycles. The molecule has 0 saturated carbocycles. The van der Waals surface area contributed by atoms with Crippen LogP contribution in [-0.4, -0.2) is 48.3 Å². The van der Waals surface area contributed by atoms with Crippen LogP contribution < -0.4 is 10.0 Å². The number of benzene rings is 1. The zero-order chi connectivity index (χ0) is 20.1. The lowest BCUT2D eigenvalue weighted by Gasteiger charge is -2.12. The molecular weight excluding hydrogens is 402 g/mol. The first-order chi connectivity index (χ1) is 13.4. The fraction of sp³-hybridized carbons (Fsp3) is 0.471. The van der Waals surface area contributed by atoms with E-state index in [-0.39, 0.29) is 29.7 Å². The molecule has 9 nitrogen and oxygen atoms in total. The normalized spacial score (nSPS) is 17.0. The molecule has 11 heteroatoms. The van der Waals surface area contributed by atoms with Gasteiger partial charge in [0, 0.05) is 25.3 Å². The van der Waals surface area contributed by atoms with Gasteiger partial charge in [-0.2, -0.15) is 5.10 Å². The van der Waals surface area contributed by atoms with E-state index in [2.05, 4.69) is 20.2 Å². The van der Waals surface area contributed by atoms with E-state index < -0.39 is 15.9 Å². The molecule has 1 atom stereocenters. The van der Waals surface area contributed by atoms with Crippen LogP contribution in [-0.2, 0) is 27.8 Å². The number of ether oxygens (including phenoxy) is 1. The number of H-pyrrole nitrogens is 1. The molecule has 1 aromatic carbocycles. The first-order valence-corrected chi connectivity index (χ1v) is 10.9. The van der Waals surface area contributed by atoms with Crippen molar-refractivity contribution >= 4 is 28.1 Å². The van der Waals surface area contributed by atoms with Gasteiger partial charge in [-0.05, 0) is 50.2 Å². The standard InChI is InChI=1S/C17H23N5O4S2/c1-2-22-15(20-21-17(22)27)11-18-16(23)12-5-3-7-14(9-12)28(24,25)19-10-13-6-4-8-26-13/h3,5,7,9,13,19H,2,4,6,8,10-11H2,1H3,(H,18,23)(H,21,27). The van der Waals surface area contributed by atoms with E-state index in [1.165, 1.54) is 18.2 Å². The first-order valence-electron chi connectivity index (χ1n) is 9.04. The largest absolute Gasteiger partial charge is 0.377 e. The van der Waals surface area contributed by atoms with Crippen molar-refractivity contribution in [3.05, 3.63) is 40.4 Å². The van der Waals surface area contributed by atoms with Crippen LogP contribution in [0.5, 0.6) is 0 Å². The Morgan fingerprint density at radius 1 is 1.46 bits per heavy atom. The molecule has 1 aliphatic heterocycles. The van der Waals surface area contributed by atoms with Gasteiger partial charge in [-0.1, -0.05) is 6.07 Å². The molecule has 1 saturated heterocycles. The Morgan fingerprint density at radius 2 is 2.29 bits per heavy atom. The van der Waals surface area contributed by atoms with E-state index in [9.17, 15) is 13.2 Å². The third kappa shape index (κ3) is 4.85. The number of nitrogens with one attached hydrogen (secondary N) is 3. The highest BCUT2D eigenvalue weighted by Crippen LogP contribution is 2.14. The third-order valence-electron chi connectivity index (χ3n) is 4.49. The predicted octanol–water partition coefficient (Wildman–Crippen LogP) is 1.35. The fourth-order valence-corrected chi connectivity index (χ4v) is 4.36. The van der Waals surface area contributed by atoms with Crippen molar-refractivity contribution in [1.29, 1.82) is 0 Å². The minimum absolute atomic E-state index is 0.0365. The Hall–Kier alpha value is -2.08. The highest BCUT2D eigenvalue weighted by atomic mass is 32.2. The molecule has 0 radical (unpaired) electrons. The number of sulfonamides is 1. The van der Waals surface area contributed by atoms with Crippen molar-refractivity contribution in [3.8, 4) is 0 Å². The second kappa shape index (κ2) is 8.95. The Balaban J connectivity index is 1.65. The molecule has 152 valence electrons. The number of rotatable bonds is 8. The molecule has 1 aromatic heterocycles. The summed E-state index contributed by atoms with van der Waals surface area (Å²) in [4.78, 5) is 12.5. The zero-order valence-electron chi connectivity index (χ0n) is 15.5. The molecule has 0 spiro atoms. The Kier molecular flexibility index (Phi) is 6.60. The van der Waals surface area contributed by atoms with Crippen molar-refractivity contribution in [1.82, 2.24) is 24.8 Å². The van der Waals surface area contributed by atoms with Crippen LogP contribution >= 0.6 is 12.2 Å². The van der Waals surface area contributed by atoms with E-state index in [1.807, 2.05) is 6.92 Å². The fourth-order valence-electron chi connectivity index (χ4n) is 2.97. The SMILES string of the molecule is CCn1c(CNC(=O)c2cccc(S(=O)(=O)NCC3CCCO3)c2)n[nH]c1=S. The molecule has 0 aliphatic carbocycles. The maximum atomic E-state index is 12.5. The summed E-state index contributed by atoms with van der Waals surface area (Å²) in [7, 11) is -3.72. The van der Waals surface area contributed by atoms with Gasteiger partial charge in [-0.25, -0.2) is 13.1 Å². The molecule has 0 bridgehead atoms. The van der Waals surface area contributed by atoms with Crippen molar-refractivity contribution in [2.45, 2.75) is 43.9 Å². The number of amides is 1. The van der Waals surface area contributed by atoms with Gasteiger partial charge in [0.1, 0.15) is 0 Å². The molecule has 1 unspecified atom stereocenters. The van der Waals surface area contributed by atoms with Crippen LogP contribution in [0.3, 0.4) is 0 Å². The van der Waals surface area contributed by atoms with Gasteiger partial charge >= 0.3 is 0 Å². The lowest BCUT2D eigenvalue weighted by molar-refractivity contribution is 0.0949. The Labute approximate surface area is 168 Å². The van der Waals surface area contributed by atoms with Crippen LogP contribution in [0.25, 0.3) is 0 Å². The summed E-state index contributed by atoms with van der Waals surface area (Å²) in [5.74, 6) is 0.204. The Bertz CT molecular complexity index is 993. The minimum Gasteiger partial charge on any atom is -0.377 e. The first kappa shape index (κ1) is 20.6. The molecule has 1 aliphatic rings. The molecule has 2 aromatic rings. The number of nitrogens with zero attached hydrogens (tertiary/aromatic N) is 2. The van der Waals surface area contributed by atoms with Crippen LogP contribution in [0.15, 0.2) is 29.2 Å². The van der Waals surface area contributed by atoms with Crippen LogP contribution in [0.2, 0.25) is 0 Å². The van der Waals surface area contributed by atoms with E-state index in [0.29, 0.717) is 23.7 Å². The summed E-state index contributed by atoms with van der Waals surface area (Å²) < 4.78 is 35.2. The number of hydrogen-bond donors (Lipinski definition) is 3. The zero-order valence-corrected chi connectivity index (χ0v) is 17.1. The number of carbonyl (C=O) groups is 1. The van der Waals surface area contributed by atoms with Gasteiger partial charge in [0.15, 0.2) is 10.6 Å². The topological polar surface area (TPSA) is 118 Å². The average molecular weight is 426 g/mol. The third-order valence-corrected chi connectivity index (χ3v) is 6.23. The van der Waals surface area contributed by atoms with Crippen molar-refractivity contribution in [2.75, 3.05) is 13.2 Å². The second-order valence-corrected chi connectivity index (χ2v) is 8.54. The quantitative estimate of drug-likeness (QED) is 0.550. The lowest BCUT2D eigenvalue weighted by Crippen LogP contribution is -2.32. The van der Waals surface area contributed by atoms with E-state index >= 15 is 0 Å². The summed E-state index contributed by atoms with van der Waals surface area (Å²) in [6.45, 7) is 3.61. The van der Waals surface area contributed by atoms with E-state index in [4.69, 9.17) is 17.0 Å². The van der Waals surface area contributed by atoms with Gasteiger partial charge in [0.25, 0.3) is 5.91 Å². The van der Waals surface area contributed by atoms with E-state index in [1.54, 1.807) is 10.6 Å². The minimum atomic E-state index is -3.72. The predicted molar refractivity (Wildman–Crippen MR) is 105 cm³/mol. The second-order valence-electron chi connectivity index (χ2n) is 6.39. The summed E-state index contributed by atoms with van der Waals surface area (Å²) in [5, 5.41) is 9.50. The number of carbonyl (C=O) groups excluding carboxylic acids is 1. The van der Waals surface area contributed by atoms with Gasteiger partial charge in [-0.15, -0.1) is 0 Å². The van der Waals surface area contributed by atoms with Gasteiger partial charge in [-0.3, -0.25) is 9.89 Å². The van der Waals surface area contributed by atoms with Gasteiger partial charge in [0.05, 0.1) is 17.5 Å². The molecule has 28 heavy (non-hydrogen) atoms. The monoisotopic (exact) mass is 425 g/mol. The summed E-state index contributed by atoms with van der Waals surface area (Å²) in [6, 6.07) is 5.91. The number of hydrogen-bond acceptors (Lipinski definition) is 6. The smallest absolute Gasteiger partial charge is 0.251 e. The van der Waals surface area contributed by atoms with E-state index in [0.717, 1.165) is 12.8 Å². The maximum absolute atomic E-state index is 12.5. The summed E-state index contributed by atoms with van der Waals surface area (Å²) in [6.07, 6.45) is 1.67. The van der Waals surface area contributed by atoms with Crippen molar-refractivity contribution in [3.63, 3.8) is 0 Å². The highest BCUT2D eigenvalue weighted by Gasteiger charge is 2.21.